The Morgan fingerprint density at radius 3 is 3.00 bits per heavy atom. The van der Waals surface area contributed by atoms with E-state index in [0.29, 0.717) is 5.82 Å². The van der Waals surface area contributed by atoms with Gasteiger partial charge in [-0.05, 0) is 24.1 Å². The fourth-order valence-corrected chi connectivity index (χ4v) is 2.24. The lowest BCUT2D eigenvalue weighted by Gasteiger charge is -2.05. The van der Waals surface area contributed by atoms with Gasteiger partial charge >= 0.3 is 0 Å². The molecule has 1 aliphatic rings. The number of ether oxygens (including phenoxy) is 1. The van der Waals surface area contributed by atoms with E-state index in [2.05, 4.69) is 24.2 Å². The third kappa shape index (κ3) is 1.56. The maximum Gasteiger partial charge on any atom is 0.129 e. The number of aromatic nitrogens is 2. The number of nitrogens with two attached hydrogens (primary N) is 1. The highest BCUT2D eigenvalue weighted by molar-refractivity contribution is 5.75. The zero-order chi connectivity index (χ0) is 12.0. The van der Waals surface area contributed by atoms with Gasteiger partial charge in [-0.3, -0.25) is 4.68 Å². The topological polar surface area (TPSA) is 53.1 Å². The molecule has 0 saturated carbocycles. The van der Waals surface area contributed by atoms with Gasteiger partial charge in [0.25, 0.3) is 0 Å². The van der Waals surface area contributed by atoms with Crippen LogP contribution in [0.1, 0.15) is 12.5 Å². The lowest BCUT2D eigenvalue weighted by Crippen LogP contribution is -2.05. The molecule has 0 aliphatic carbocycles. The summed E-state index contributed by atoms with van der Waals surface area (Å²) in [4.78, 5) is 0. The van der Waals surface area contributed by atoms with Crippen molar-refractivity contribution < 1.29 is 4.74 Å². The van der Waals surface area contributed by atoms with Crippen LogP contribution >= 0.6 is 0 Å². The average molecular weight is 229 g/mol. The van der Waals surface area contributed by atoms with Crippen molar-refractivity contribution >= 4 is 5.82 Å². The van der Waals surface area contributed by atoms with Gasteiger partial charge < -0.3 is 10.5 Å². The lowest BCUT2D eigenvalue weighted by atomic mass is 10.0. The molecule has 17 heavy (non-hydrogen) atoms. The number of anilines is 1. The Kier molecular flexibility index (Phi) is 2.11. The van der Waals surface area contributed by atoms with Crippen molar-refractivity contribution in [3.63, 3.8) is 0 Å². The largest absolute Gasteiger partial charge is 0.490 e. The van der Waals surface area contributed by atoms with Gasteiger partial charge in [-0.1, -0.05) is 12.1 Å². The molecule has 2 aromatic rings. The molecule has 1 atom stereocenters. The van der Waals surface area contributed by atoms with Gasteiger partial charge in [0.1, 0.15) is 17.7 Å². The molecule has 0 bridgehead atoms. The molecule has 0 spiro atoms. The Morgan fingerprint density at radius 2 is 2.29 bits per heavy atom. The van der Waals surface area contributed by atoms with E-state index in [1.165, 1.54) is 5.56 Å². The summed E-state index contributed by atoms with van der Waals surface area (Å²) in [5, 5.41) is 4.15. The molecule has 4 heteroatoms. The molecular weight excluding hydrogens is 214 g/mol. The second-order valence-electron chi connectivity index (χ2n) is 4.52. The van der Waals surface area contributed by atoms with Crippen LogP contribution in [0, 0.1) is 0 Å². The second-order valence-corrected chi connectivity index (χ2v) is 4.52. The molecule has 1 aliphatic heterocycles. The summed E-state index contributed by atoms with van der Waals surface area (Å²) in [7, 11) is 1.84. The summed E-state index contributed by atoms with van der Waals surface area (Å²) >= 11 is 0. The zero-order valence-electron chi connectivity index (χ0n) is 9.97. The van der Waals surface area contributed by atoms with Gasteiger partial charge in [0.2, 0.25) is 0 Å². The molecule has 4 nitrogen and oxygen atoms in total. The van der Waals surface area contributed by atoms with E-state index >= 15 is 0 Å². The van der Waals surface area contributed by atoms with Gasteiger partial charge in [-0.2, -0.15) is 5.10 Å². The van der Waals surface area contributed by atoms with Gasteiger partial charge in [0.05, 0.1) is 6.20 Å². The first-order valence-electron chi connectivity index (χ1n) is 5.72. The van der Waals surface area contributed by atoms with Crippen molar-refractivity contribution in [3.8, 4) is 16.9 Å². The molecule has 1 aromatic carbocycles. The van der Waals surface area contributed by atoms with Crippen LogP contribution in [0.5, 0.6) is 5.75 Å². The summed E-state index contributed by atoms with van der Waals surface area (Å²) in [6.07, 6.45) is 3.04. The SMILES string of the molecule is CC1Cc2ccc(-c3cnn(C)c3N)cc2O1. The summed E-state index contributed by atoms with van der Waals surface area (Å²) in [6.45, 7) is 2.08. The van der Waals surface area contributed by atoms with Crippen LogP contribution in [-0.2, 0) is 13.5 Å². The summed E-state index contributed by atoms with van der Waals surface area (Å²) in [5.74, 6) is 1.65. The third-order valence-electron chi connectivity index (χ3n) is 3.20. The van der Waals surface area contributed by atoms with Gasteiger partial charge in [0, 0.05) is 19.0 Å². The van der Waals surface area contributed by atoms with Crippen LogP contribution in [0.25, 0.3) is 11.1 Å². The van der Waals surface area contributed by atoms with Crippen molar-refractivity contribution in [2.24, 2.45) is 7.05 Å². The van der Waals surface area contributed by atoms with Crippen molar-refractivity contribution in [2.75, 3.05) is 5.73 Å². The molecule has 1 aromatic heterocycles. The maximum absolute atomic E-state index is 5.97. The van der Waals surface area contributed by atoms with Crippen molar-refractivity contribution in [1.82, 2.24) is 9.78 Å². The minimum Gasteiger partial charge on any atom is -0.490 e. The van der Waals surface area contributed by atoms with Crippen LogP contribution in [0.3, 0.4) is 0 Å². The number of hydrogen-bond donors (Lipinski definition) is 1. The predicted molar refractivity (Wildman–Crippen MR) is 66.9 cm³/mol. The zero-order valence-corrected chi connectivity index (χ0v) is 9.97. The Balaban J connectivity index is 2.06. The smallest absolute Gasteiger partial charge is 0.129 e. The Labute approximate surface area is 100 Å². The van der Waals surface area contributed by atoms with Crippen LogP contribution in [0.15, 0.2) is 24.4 Å². The third-order valence-corrected chi connectivity index (χ3v) is 3.20. The van der Waals surface area contributed by atoms with Crippen LogP contribution < -0.4 is 10.5 Å². The quantitative estimate of drug-likeness (QED) is 0.813. The fourth-order valence-electron chi connectivity index (χ4n) is 2.24. The van der Waals surface area contributed by atoms with E-state index < -0.39 is 0 Å². The Bertz CT molecular complexity index is 574. The van der Waals surface area contributed by atoms with Crippen LogP contribution in [0.4, 0.5) is 5.82 Å². The highest BCUT2D eigenvalue weighted by Gasteiger charge is 2.20. The van der Waals surface area contributed by atoms with E-state index in [0.717, 1.165) is 23.3 Å². The first-order valence-corrected chi connectivity index (χ1v) is 5.72. The van der Waals surface area contributed by atoms with Crippen molar-refractivity contribution in [1.29, 1.82) is 0 Å². The normalized spacial score (nSPS) is 17.9. The number of fused-ring (bicyclic) bond motifs is 1. The molecule has 0 amide bonds. The number of nitrogen functional groups attached to an aromatic ring is 1. The monoisotopic (exact) mass is 229 g/mol. The first-order chi connectivity index (χ1) is 8.15. The second kappa shape index (κ2) is 3.52. The average Bonchev–Trinajstić information content (AvgIpc) is 2.81. The molecule has 3 rings (SSSR count). The fraction of sp³-hybridized carbons (Fsp3) is 0.308. The number of hydrogen-bond acceptors (Lipinski definition) is 3. The number of aryl methyl sites for hydroxylation is 1. The first kappa shape index (κ1) is 10.2. The maximum atomic E-state index is 5.97. The van der Waals surface area contributed by atoms with Gasteiger partial charge in [0.15, 0.2) is 0 Å². The standard InChI is InChI=1S/C13H15N3O/c1-8-5-10-4-3-9(6-12(10)17-8)11-7-15-16(2)13(11)14/h3-4,6-8H,5,14H2,1-2H3. The molecule has 0 saturated heterocycles. The highest BCUT2D eigenvalue weighted by Crippen LogP contribution is 2.34. The Hall–Kier alpha value is -1.97. The number of benzene rings is 1. The van der Waals surface area contributed by atoms with Crippen LogP contribution in [0.2, 0.25) is 0 Å². The predicted octanol–water partition coefficient (Wildman–Crippen LogP) is 1.99. The number of rotatable bonds is 1. The van der Waals surface area contributed by atoms with Gasteiger partial charge in [-0.15, -0.1) is 0 Å². The van der Waals surface area contributed by atoms with E-state index in [9.17, 15) is 0 Å². The summed E-state index contributed by atoms with van der Waals surface area (Å²) in [6, 6.07) is 6.24. The van der Waals surface area contributed by atoms with Crippen molar-refractivity contribution in [3.05, 3.63) is 30.0 Å². The van der Waals surface area contributed by atoms with Crippen molar-refractivity contribution in [2.45, 2.75) is 19.4 Å². The molecule has 1 unspecified atom stereocenters. The lowest BCUT2D eigenvalue weighted by molar-refractivity contribution is 0.255. The van der Waals surface area contributed by atoms with E-state index in [1.54, 1.807) is 10.9 Å². The van der Waals surface area contributed by atoms with E-state index in [1.807, 2.05) is 13.1 Å². The molecular formula is C13H15N3O. The minimum absolute atomic E-state index is 0.270. The molecule has 0 fully saturated rings. The summed E-state index contributed by atoms with van der Waals surface area (Å²) < 4.78 is 7.42. The molecule has 0 radical (unpaired) electrons. The summed E-state index contributed by atoms with van der Waals surface area (Å²) in [5.41, 5.74) is 9.25. The van der Waals surface area contributed by atoms with Crippen LogP contribution in [-0.4, -0.2) is 15.9 Å². The number of nitrogens with zero attached hydrogens (tertiary/aromatic N) is 2. The Morgan fingerprint density at radius 1 is 1.47 bits per heavy atom. The van der Waals surface area contributed by atoms with E-state index in [-0.39, 0.29) is 6.10 Å². The molecule has 2 heterocycles. The molecule has 88 valence electrons. The highest BCUT2D eigenvalue weighted by atomic mass is 16.5. The van der Waals surface area contributed by atoms with E-state index in [4.69, 9.17) is 10.5 Å². The van der Waals surface area contributed by atoms with Gasteiger partial charge in [-0.25, -0.2) is 0 Å². The minimum atomic E-state index is 0.270. The molecule has 2 N–H and O–H groups in total.